The Morgan fingerprint density at radius 3 is 2.61 bits per heavy atom. The number of nitrogens with one attached hydrogen (secondary N) is 2. The zero-order valence-electron chi connectivity index (χ0n) is 10.0. The molecule has 18 heavy (non-hydrogen) atoms. The van der Waals surface area contributed by atoms with Crippen LogP contribution in [0, 0.1) is 0 Å². The van der Waals surface area contributed by atoms with Crippen molar-refractivity contribution in [2.45, 2.75) is 13.5 Å². The lowest BCUT2D eigenvalue weighted by molar-refractivity contribution is 0.662. The number of pyridine rings is 1. The molecule has 0 radical (unpaired) electrons. The van der Waals surface area contributed by atoms with Crippen LogP contribution in [0.5, 0.6) is 0 Å². The smallest absolute Gasteiger partial charge is 0.153 e. The molecule has 0 aliphatic heterocycles. The highest BCUT2D eigenvalue weighted by Gasteiger charge is 2.09. The van der Waals surface area contributed by atoms with E-state index >= 15 is 0 Å². The summed E-state index contributed by atoms with van der Waals surface area (Å²) in [6, 6.07) is 3.50. The molecule has 0 bridgehead atoms. The van der Waals surface area contributed by atoms with Crippen LogP contribution in [0.4, 0.5) is 17.5 Å². The Balaban J connectivity index is 2.28. The van der Waals surface area contributed by atoms with Gasteiger partial charge in [0.1, 0.15) is 5.82 Å². The molecule has 7 heteroatoms. The van der Waals surface area contributed by atoms with E-state index in [1.807, 2.05) is 23.9 Å². The van der Waals surface area contributed by atoms with E-state index in [-0.39, 0.29) is 0 Å². The van der Waals surface area contributed by atoms with Crippen LogP contribution in [0.2, 0.25) is 10.0 Å². The molecule has 0 aromatic carbocycles. The van der Waals surface area contributed by atoms with Gasteiger partial charge in [-0.2, -0.15) is 5.10 Å². The Hall–Kier alpha value is -1.46. The molecule has 0 spiro atoms. The van der Waals surface area contributed by atoms with E-state index in [1.54, 1.807) is 13.1 Å². The molecule has 0 unspecified atom stereocenters. The van der Waals surface area contributed by atoms with Crippen molar-refractivity contribution in [3.05, 3.63) is 28.4 Å². The molecule has 0 amide bonds. The number of aromatic nitrogens is 3. The van der Waals surface area contributed by atoms with Gasteiger partial charge in [0.2, 0.25) is 0 Å². The minimum atomic E-state index is 0.449. The molecule has 2 N–H and O–H groups in total. The molecule has 5 nitrogen and oxygen atoms in total. The molecular weight excluding hydrogens is 273 g/mol. The zero-order valence-corrected chi connectivity index (χ0v) is 11.5. The van der Waals surface area contributed by atoms with Gasteiger partial charge in [0.15, 0.2) is 11.6 Å². The first kappa shape index (κ1) is 13.0. The highest BCUT2D eigenvalue weighted by Crippen LogP contribution is 2.30. The second-order valence-corrected chi connectivity index (χ2v) is 4.40. The van der Waals surface area contributed by atoms with Crippen LogP contribution in [-0.2, 0) is 6.54 Å². The Morgan fingerprint density at radius 2 is 2.00 bits per heavy atom. The SMILES string of the molecule is CCn1ccc(Nc2nc(NC)c(Cl)cc2Cl)n1. The third kappa shape index (κ3) is 2.68. The van der Waals surface area contributed by atoms with Gasteiger partial charge in [0.05, 0.1) is 10.0 Å². The predicted molar refractivity (Wildman–Crippen MR) is 75.0 cm³/mol. The van der Waals surface area contributed by atoms with Crippen LogP contribution in [0.25, 0.3) is 0 Å². The van der Waals surface area contributed by atoms with E-state index in [0.29, 0.717) is 27.5 Å². The lowest BCUT2D eigenvalue weighted by Gasteiger charge is -2.09. The number of nitrogens with zero attached hydrogens (tertiary/aromatic N) is 3. The normalized spacial score (nSPS) is 10.4. The molecule has 0 fully saturated rings. The minimum Gasteiger partial charge on any atom is -0.372 e. The molecule has 0 aliphatic carbocycles. The maximum absolute atomic E-state index is 6.08. The zero-order chi connectivity index (χ0) is 13.1. The Labute approximate surface area is 115 Å². The summed E-state index contributed by atoms with van der Waals surface area (Å²) < 4.78 is 1.81. The van der Waals surface area contributed by atoms with Crippen LogP contribution < -0.4 is 10.6 Å². The van der Waals surface area contributed by atoms with Crippen LogP contribution >= 0.6 is 23.2 Å². The Morgan fingerprint density at radius 1 is 1.28 bits per heavy atom. The van der Waals surface area contributed by atoms with Crippen molar-refractivity contribution < 1.29 is 0 Å². The van der Waals surface area contributed by atoms with Crippen molar-refractivity contribution in [1.82, 2.24) is 14.8 Å². The van der Waals surface area contributed by atoms with Crippen molar-refractivity contribution in [3.8, 4) is 0 Å². The molecule has 2 aromatic rings. The topological polar surface area (TPSA) is 54.8 Å². The van der Waals surface area contributed by atoms with Gasteiger partial charge >= 0.3 is 0 Å². The van der Waals surface area contributed by atoms with Crippen molar-refractivity contribution >= 4 is 40.7 Å². The molecule has 2 rings (SSSR count). The highest BCUT2D eigenvalue weighted by molar-refractivity contribution is 6.37. The van der Waals surface area contributed by atoms with Gasteiger partial charge < -0.3 is 10.6 Å². The predicted octanol–water partition coefficient (Wildman–Crippen LogP) is 3.39. The molecule has 0 aliphatic rings. The fraction of sp³-hybridized carbons (Fsp3) is 0.273. The van der Waals surface area contributed by atoms with E-state index in [2.05, 4.69) is 20.7 Å². The number of aryl methyl sites for hydroxylation is 1. The highest BCUT2D eigenvalue weighted by atomic mass is 35.5. The lowest BCUT2D eigenvalue weighted by atomic mass is 10.4. The summed E-state index contributed by atoms with van der Waals surface area (Å²) in [4.78, 5) is 4.29. The van der Waals surface area contributed by atoms with Crippen LogP contribution in [0.1, 0.15) is 6.92 Å². The molecule has 96 valence electrons. The van der Waals surface area contributed by atoms with Crippen molar-refractivity contribution in [2.24, 2.45) is 0 Å². The number of anilines is 3. The van der Waals surface area contributed by atoms with E-state index in [0.717, 1.165) is 6.54 Å². The average molecular weight is 286 g/mol. The van der Waals surface area contributed by atoms with Crippen molar-refractivity contribution in [1.29, 1.82) is 0 Å². The monoisotopic (exact) mass is 285 g/mol. The van der Waals surface area contributed by atoms with Gasteiger partial charge in [-0.3, -0.25) is 4.68 Å². The van der Waals surface area contributed by atoms with Crippen LogP contribution in [-0.4, -0.2) is 21.8 Å². The first-order valence-corrected chi connectivity index (χ1v) is 6.24. The number of halogens is 2. The van der Waals surface area contributed by atoms with Gasteiger partial charge in [0.25, 0.3) is 0 Å². The van der Waals surface area contributed by atoms with Gasteiger partial charge in [-0.15, -0.1) is 0 Å². The van der Waals surface area contributed by atoms with Gasteiger partial charge in [-0.05, 0) is 13.0 Å². The largest absolute Gasteiger partial charge is 0.372 e. The maximum atomic E-state index is 6.08. The summed E-state index contributed by atoms with van der Waals surface area (Å²) in [5.41, 5.74) is 0. The van der Waals surface area contributed by atoms with Gasteiger partial charge in [0, 0.05) is 25.9 Å². The molecule has 0 saturated heterocycles. The summed E-state index contributed by atoms with van der Waals surface area (Å²) >= 11 is 12.1. The van der Waals surface area contributed by atoms with Crippen molar-refractivity contribution in [2.75, 3.05) is 17.7 Å². The first-order chi connectivity index (χ1) is 8.63. The second kappa shape index (κ2) is 5.46. The Bertz CT molecular complexity index is 552. The lowest BCUT2D eigenvalue weighted by Crippen LogP contribution is -2.01. The van der Waals surface area contributed by atoms with E-state index < -0.39 is 0 Å². The summed E-state index contributed by atoms with van der Waals surface area (Å²) in [5.74, 6) is 1.78. The number of rotatable bonds is 4. The minimum absolute atomic E-state index is 0.449. The van der Waals surface area contributed by atoms with E-state index in [1.165, 1.54) is 0 Å². The third-order valence-electron chi connectivity index (χ3n) is 2.38. The third-order valence-corrected chi connectivity index (χ3v) is 2.95. The molecule has 2 aromatic heterocycles. The fourth-order valence-electron chi connectivity index (χ4n) is 1.46. The number of hydrogen-bond acceptors (Lipinski definition) is 4. The summed E-state index contributed by atoms with van der Waals surface area (Å²) in [6.07, 6.45) is 1.88. The van der Waals surface area contributed by atoms with Crippen LogP contribution in [0.3, 0.4) is 0 Å². The standard InChI is InChI=1S/C11H13Cl2N5/c1-3-18-5-4-9(17-18)15-11-8(13)6-7(12)10(14-2)16-11/h4-6H,3H2,1-2H3,(H2,14,15,16,17). The average Bonchev–Trinajstić information content (AvgIpc) is 2.80. The fourth-order valence-corrected chi connectivity index (χ4v) is 1.96. The molecule has 0 atom stereocenters. The van der Waals surface area contributed by atoms with E-state index in [4.69, 9.17) is 23.2 Å². The molecular formula is C11H13Cl2N5. The summed E-state index contributed by atoms with van der Waals surface area (Å²) in [6.45, 7) is 2.83. The van der Waals surface area contributed by atoms with Crippen LogP contribution in [0.15, 0.2) is 18.3 Å². The van der Waals surface area contributed by atoms with E-state index in [9.17, 15) is 0 Å². The van der Waals surface area contributed by atoms with Gasteiger partial charge in [-0.1, -0.05) is 23.2 Å². The number of hydrogen-bond donors (Lipinski definition) is 2. The van der Waals surface area contributed by atoms with Crippen molar-refractivity contribution in [3.63, 3.8) is 0 Å². The Kier molecular flexibility index (Phi) is 3.93. The summed E-state index contributed by atoms with van der Waals surface area (Å²) in [7, 11) is 1.75. The summed E-state index contributed by atoms with van der Waals surface area (Å²) in [5, 5.41) is 11.2. The second-order valence-electron chi connectivity index (χ2n) is 3.58. The molecule has 0 saturated carbocycles. The maximum Gasteiger partial charge on any atom is 0.153 e. The molecule has 2 heterocycles. The quantitative estimate of drug-likeness (QED) is 0.904. The first-order valence-electron chi connectivity index (χ1n) is 5.48. The van der Waals surface area contributed by atoms with Gasteiger partial charge in [-0.25, -0.2) is 4.98 Å².